The van der Waals surface area contributed by atoms with E-state index in [1.807, 2.05) is 30.3 Å². The second-order valence-corrected chi connectivity index (χ2v) is 14.7. The van der Waals surface area contributed by atoms with E-state index in [4.69, 9.17) is 19.4 Å². The van der Waals surface area contributed by atoms with Gasteiger partial charge in [-0.15, -0.1) is 0 Å². The summed E-state index contributed by atoms with van der Waals surface area (Å²) in [5.41, 5.74) is 9.94. The number of rotatable bonds is 4. The molecule has 0 spiro atoms. The number of para-hydroxylation sites is 2. The second kappa shape index (κ2) is 11.0. The van der Waals surface area contributed by atoms with E-state index in [2.05, 4.69) is 125 Å². The smallest absolute Gasteiger partial charge is 0.164 e. The molecule has 2 aromatic heterocycles. The number of nitrogens with zero attached hydrogens (tertiary/aromatic N) is 3. The van der Waals surface area contributed by atoms with Gasteiger partial charge in [-0.2, -0.15) is 0 Å². The summed E-state index contributed by atoms with van der Waals surface area (Å²) in [6.45, 7) is 9.44. The Bertz CT molecular complexity index is 2560. The SMILES string of the molecule is CC1(C)CCC(C)(C)c2cc(-c3nc(-c4ccccc4)nc(-c4ccc(-c5cccc6c5oc5ccccc56)c5ccccc45)n3)ccc21. The summed E-state index contributed by atoms with van der Waals surface area (Å²) in [5.74, 6) is 2.01. The zero-order valence-electron chi connectivity index (χ0n) is 28.3. The maximum absolute atomic E-state index is 6.47. The normalized spacial score (nSPS) is 15.1. The molecule has 0 bridgehead atoms. The molecule has 1 aliphatic rings. The minimum atomic E-state index is 0.0771. The molecule has 6 aromatic carbocycles. The van der Waals surface area contributed by atoms with Gasteiger partial charge in [0, 0.05) is 33.0 Å². The highest BCUT2D eigenvalue weighted by Gasteiger charge is 2.37. The Morgan fingerprint density at radius 3 is 1.82 bits per heavy atom. The van der Waals surface area contributed by atoms with Crippen molar-refractivity contribution < 1.29 is 4.42 Å². The zero-order chi connectivity index (χ0) is 33.3. The molecule has 2 heterocycles. The monoisotopic (exact) mass is 635 g/mol. The van der Waals surface area contributed by atoms with Crippen molar-refractivity contribution in [2.45, 2.75) is 51.4 Å². The second-order valence-electron chi connectivity index (χ2n) is 14.7. The van der Waals surface area contributed by atoms with E-state index in [1.165, 1.54) is 17.5 Å². The lowest BCUT2D eigenvalue weighted by Gasteiger charge is -2.42. The number of furan rings is 1. The molecule has 49 heavy (non-hydrogen) atoms. The lowest BCUT2D eigenvalue weighted by molar-refractivity contribution is 0.332. The molecule has 0 amide bonds. The summed E-state index contributed by atoms with van der Waals surface area (Å²) < 4.78 is 6.47. The van der Waals surface area contributed by atoms with Crippen molar-refractivity contribution in [1.82, 2.24) is 15.0 Å². The fourth-order valence-corrected chi connectivity index (χ4v) is 7.76. The van der Waals surface area contributed by atoms with E-state index in [1.54, 1.807) is 0 Å². The highest BCUT2D eigenvalue weighted by atomic mass is 16.3. The molecule has 0 N–H and O–H groups in total. The molecule has 0 atom stereocenters. The minimum absolute atomic E-state index is 0.0771. The van der Waals surface area contributed by atoms with Crippen LogP contribution in [0.3, 0.4) is 0 Å². The first kappa shape index (κ1) is 29.5. The van der Waals surface area contributed by atoms with E-state index in [9.17, 15) is 0 Å². The highest BCUT2D eigenvalue weighted by Crippen LogP contribution is 2.47. The van der Waals surface area contributed by atoms with Crippen LogP contribution in [-0.4, -0.2) is 15.0 Å². The lowest BCUT2D eigenvalue weighted by atomic mass is 9.63. The quantitative estimate of drug-likeness (QED) is 0.193. The standard InChI is InChI=1S/C45H37N3O/c1-44(2)25-26-45(3,4)38-27-29(21-24-37(38)44)42-46-41(28-13-6-5-7-14-28)47-43(48-42)36-23-22-32(30-15-8-9-16-31(30)36)34-18-12-19-35-33-17-10-11-20-39(33)49-40(34)35/h5-24,27H,25-26H2,1-4H3. The summed E-state index contributed by atoms with van der Waals surface area (Å²) in [7, 11) is 0. The maximum atomic E-state index is 6.47. The van der Waals surface area contributed by atoms with E-state index < -0.39 is 0 Å². The number of aromatic nitrogens is 3. The predicted octanol–water partition coefficient (Wildman–Crippen LogP) is 11.9. The fourth-order valence-electron chi connectivity index (χ4n) is 7.76. The molecular weight excluding hydrogens is 599 g/mol. The van der Waals surface area contributed by atoms with Crippen molar-refractivity contribution in [2.75, 3.05) is 0 Å². The number of fused-ring (bicyclic) bond motifs is 5. The van der Waals surface area contributed by atoms with E-state index in [0.29, 0.717) is 17.5 Å². The van der Waals surface area contributed by atoms with Gasteiger partial charge in [0.25, 0.3) is 0 Å². The fraction of sp³-hybridized carbons (Fsp3) is 0.178. The molecule has 0 saturated carbocycles. The first-order valence-corrected chi connectivity index (χ1v) is 17.2. The first-order valence-electron chi connectivity index (χ1n) is 17.2. The van der Waals surface area contributed by atoms with Crippen LogP contribution in [0, 0.1) is 0 Å². The van der Waals surface area contributed by atoms with Crippen LogP contribution < -0.4 is 0 Å². The molecule has 1 aliphatic carbocycles. The minimum Gasteiger partial charge on any atom is -0.455 e. The van der Waals surface area contributed by atoms with Crippen LogP contribution in [-0.2, 0) is 10.8 Å². The average Bonchev–Trinajstić information content (AvgIpc) is 3.52. The third-order valence-corrected chi connectivity index (χ3v) is 10.6. The third-order valence-electron chi connectivity index (χ3n) is 10.6. The largest absolute Gasteiger partial charge is 0.455 e. The van der Waals surface area contributed by atoms with Crippen LogP contribution in [0.2, 0.25) is 0 Å². The van der Waals surface area contributed by atoms with Gasteiger partial charge >= 0.3 is 0 Å². The van der Waals surface area contributed by atoms with Crippen molar-refractivity contribution in [3.63, 3.8) is 0 Å². The lowest BCUT2D eigenvalue weighted by Crippen LogP contribution is -2.33. The Morgan fingerprint density at radius 2 is 1.04 bits per heavy atom. The van der Waals surface area contributed by atoms with Crippen LogP contribution in [0.25, 0.3) is 78.0 Å². The molecular formula is C45H37N3O. The van der Waals surface area contributed by atoms with Crippen LogP contribution in [0.4, 0.5) is 0 Å². The first-order chi connectivity index (χ1) is 23.8. The van der Waals surface area contributed by atoms with Crippen molar-refractivity contribution in [3.8, 4) is 45.3 Å². The molecule has 9 rings (SSSR count). The van der Waals surface area contributed by atoms with Gasteiger partial charge in [-0.05, 0) is 69.3 Å². The number of hydrogen-bond acceptors (Lipinski definition) is 4. The van der Waals surface area contributed by atoms with Crippen molar-refractivity contribution in [2.24, 2.45) is 0 Å². The number of benzene rings is 6. The van der Waals surface area contributed by atoms with Crippen LogP contribution >= 0.6 is 0 Å². The van der Waals surface area contributed by atoms with Gasteiger partial charge in [0.2, 0.25) is 0 Å². The van der Waals surface area contributed by atoms with Gasteiger partial charge in [0.05, 0.1) is 0 Å². The van der Waals surface area contributed by atoms with Crippen molar-refractivity contribution in [1.29, 1.82) is 0 Å². The summed E-state index contributed by atoms with van der Waals surface area (Å²) in [5, 5.41) is 4.44. The number of hydrogen-bond donors (Lipinski definition) is 0. The Labute approximate surface area is 286 Å². The molecule has 0 radical (unpaired) electrons. The van der Waals surface area contributed by atoms with Gasteiger partial charge in [-0.3, -0.25) is 0 Å². The van der Waals surface area contributed by atoms with Gasteiger partial charge in [0.15, 0.2) is 17.5 Å². The molecule has 0 aliphatic heterocycles. The molecule has 238 valence electrons. The molecule has 0 fully saturated rings. The third kappa shape index (κ3) is 4.85. The van der Waals surface area contributed by atoms with Gasteiger partial charge in [-0.25, -0.2) is 15.0 Å². The summed E-state index contributed by atoms with van der Waals surface area (Å²) in [4.78, 5) is 15.5. The van der Waals surface area contributed by atoms with Gasteiger partial charge in [0.1, 0.15) is 11.2 Å². The van der Waals surface area contributed by atoms with Crippen LogP contribution in [0.5, 0.6) is 0 Å². The van der Waals surface area contributed by atoms with E-state index in [-0.39, 0.29) is 10.8 Å². The Morgan fingerprint density at radius 1 is 0.449 bits per heavy atom. The molecule has 0 saturated heterocycles. The molecule has 4 heteroatoms. The zero-order valence-corrected chi connectivity index (χ0v) is 28.3. The van der Waals surface area contributed by atoms with Gasteiger partial charge < -0.3 is 4.42 Å². The summed E-state index contributed by atoms with van der Waals surface area (Å²) >= 11 is 0. The van der Waals surface area contributed by atoms with E-state index >= 15 is 0 Å². The van der Waals surface area contributed by atoms with Crippen LogP contribution in [0.15, 0.2) is 132 Å². The summed E-state index contributed by atoms with van der Waals surface area (Å²) in [6, 6.07) is 44.6. The van der Waals surface area contributed by atoms with Gasteiger partial charge in [-0.1, -0.05) is 137 Å². The highest BCUT2D eigenvalue weighted by molar-refractivity contribution is 6.13. The summed E-state index contributed by atoms with van der Waals surface area (Å²) in [6.07, 6.45) is 2.32. The Balaban J connectivity index is 1.25. The topological polar surface area (TPSA) is 51.8 Å². The van der Waals surface area contributed by atoms with Crippen molar-refractivity contribution >= 4 is 32.7 Å². The predicted molar refractivity (Wildman–Crippen MR) is 202 cm³/mol. The van der Waals surface area contributed by atoms with Crippen molar-refractivity contribution in [3.05, 3.63) is 139 Å². The van der Waals surface area contributed by atoms with E-state index in [0.717, 1.165) is 66.9 Å². The Kier molecular flexibility index (Phi) is 6.61. The molecule has 4 nitrogen and oxygen atoms in total. The molecule has 8 aromatic rings. The average molecular weight is 636 g/mol. The Hall–Kier alpha value is -5.61. The molecule has 0 unspecified atom stereocenters. The van der Waals surface area contributed by atoms with Crippen LogP contribution in [0.1, 0.15) is 51.7 Å². The maximum Gasteiger partial charge on any atom is 0.164 e.